The van der Waals surface area contributed by atoms with Crippen molar-refractivity contribution in [1.82, 2.24) is 0 Å². The molecule has 0 amide bonds. The monoisotopic (exact) mass is 258 g/mol. The third kappa shape index (κ3) is 1.85. The van der Waals surface area contributed by atoms with Crippen LogP contribution >= 0.6 is 0 Å². The maximum absolute atomic E-state index is 11.5. The van der Waals surface area contributed by atoms with E-state index < -0.39 is 15.7 Å². The van der Waals surface area contributed by atoms with Gasteiger partial charge in [-0.05, 0) is 62.4 Å². The van der Waals surface area contributed by atoms with E-state index in [9.17, 15) is 8.42 Å². The fraction of sp³-hybridized carbons (Fsp3) is 0.846. The highest BCUT2D eigenvalue weighted by Gasteiger charge is 2.56. The summed E-state index contributed by atoms with van der Waals surface area (Å²) in [4.78, 5) is 0. The summed E-state index contributed by atoms with van der Waals surface area (Å²) in [5.74, 6) is 1.93. The van der Waals surface area contributed by atoms with Crippen LogP contribution in [-0.4, -0.2) is 20.3 Å². The predicted octanol–water partition coefficient (Wildman–Crippen LogP) is 2.49. The van der Waals surface area contributed by atoms with Crippen molar-refractivity contribution >= 4 is 10.1 Å². The van der Waals surface area contributed by atoms with Gasteiger partial charge in [0, 0.05) is 0 Å². The molecule has 4 bridgehead atoms. The summed E-state index contributed by atoms with van der Waals surface area (Å²) in [5, 5.41) is 0. The molecule has 0 aliphatic heterocycles. The molecule has 4 aliphatic rings. The summed E-state index contributed by atoms with van der Waals surface area (Å²) in [6, 6.07) is 0. The van der Waals surface area contributed by atoms with Gasteiger partial charge in [0.15, 0.2) is 0 Å². The van der Waals surface area contributed by atoms with Crippen LogP contribution < -0.4 is 0 Å². The number of rotatable bonds is 2. The lowest BCUT2D eigenvalue weighted by Gasteiger charge is -2.57. The zero-order valence-electron chi connectivity index (χ0n) is 10.5. The van der Waals surface area contributed by atoms with E-state index in [1.807, 2.05) is 6.92 Å². The maximum atomic E-state index is 11.5. The van der Waals surface area contributed by atoms with Crippen LogP contribution in [-0.2, 0) is 14.3 Å². The van der Waals surface area contributed by atoms with E-state index in [0.29, 0.717) is 17.8 Å². The Hall–Kier alpha value is -0.350. The fourth-order valence-corrected chi connectivity index (χ4v) is 5.49. The van der Waals surface area contributed by atoms with Crippen LogP contribution in [0.4, 0.5) is 0 Å². The van der Waals surface area contributed by atoms with E-state index in [0.717, 1.165) is 12.8 Å². The molecule has 4 heteroatoms. The topological polar surface area (TPSA) is 43.4 Å². The van der Waals surface area contributed by atoms with Gasteiger partial charge in [-0.3, -0.25) is 4.18 Å². The van der Waals surface area contributed by atoms with Crippen LogP contribution in [0.25, 0.3) is 0 Å². The Balaban J connectivity index is 2.01. The van der Waals surface area contributed by atoms with Crippen molar-refractivity contribution in [3.63, 3.8) is 0 Å². The molecule has 17 heavy (non-hydrogen) atoms. The third-order valence-electron chi connectivity index (χ3n) is 4.73. The molecule has 4 atom stereocenters. The number of allylic oxidation sites excluding steroid dienone is 1. The molecule has 0 aromatic carbocycles. The third-order valence-corrected chi connectivity index (χ3v) is 5.35. The minimum atomic E-state index is -3.37. The largest absolute Gasteiger partial charge is 0.265 e. The van der Waals surface area contributed by atoms with E-state index in [1.54, 1.807) is 0 Å². The summed E-state index contributed by atoms with van der Waals surface area (Å²) in [6.07, 6.45) is 8.87. The van der Waals surface area contributed by atoms with Gasteiger partial charge in [0.1, 0.15) is 5.60 Å². The Morgan fingerprint density at radius 3 is 2.29 bits per heavy atom. The molecule has 4 aliphatic carbocycles. The van der Waals surface area contributed by atoms with Crippen LogP contribution in [0.15, 0.2) is 11.6 Å². The lowest BCUT2D eigenvalue weighted by Crippen LogP contribution is -2.54. The Morgan fingerprint density at radius 2 is 1.82 bits per heavy atom. The Labute approximate surface area is 103 Å². The van der Waals surface area contributed by atoms with Crippen molar-refractivity contribution in [2.24, 2.45) is 17.8 Å². The average Bonchev–Trinajstić information content (AvgIpc) is 2.11. The standard InChI is InChI=1S/C13H20O3S/c1-3-12-11-5-9-4-10(6-11)8-13(12,7-9)16-17(2,14)15/h3,9-11H,4-8H2,1-2H3/b12-3-/t9-,10+,11?,13?/i16+2. The molecular formula is C13H20O3S. The quantitative estimate of drug-likeness (QED) is 0.434. The van der Waals surface area contributed by atoms with Gasteiger partial charge >= 0.3 is 0 Å². The molecule has 96 valence electrons. The van der Waals surface area contributed by atoms with E-state index in [1.165, 1.54) is 31.1 Å². The lowest BCUT2D eigenvalue weighted by atomic mass is 9.52. The molecule has 0 aromatic heterocycles. The summed E-state index contributed by atoms with van der Waals surface area (Å²) >= 11 is 0. The minimum absolute atomic E-state index is 0.475. The highest BCUT2D eigenvalue weighted by Crippen LogP contribution is 2.60. The van der Waals surface area contributed by atoms with Crippen LogP contribution in [0.2, 0.25) is 0 Å². The molecule has 0 heterocycles. The highest BCUT2D eigenvalue weighted by atomic mass is 32.2. The van der Waals surface area contributed by atoms with Crippen molar-refractivity contribution in [3.8, 4) is 0 Å². The zero-order chi connectivity index (χ0) is 12.3. The summed E-state index contributed by atoms with van der Waals surface area (Å²) in [6.45, 7) is 2.02. The molecule has 0 saturated heterocycles. The van der Waals surface area contributed by atoms with Gasteiger partial charge < -0.3 is 0 Å². The normalized spacial score (nSPS) is 46.7. The second-order valence-electron chi connectivity index (χ2n) is 6.07. The van der Waals surface area contributed by atoms with Crippen molar-refractivity contribution in [3.05, 3.63) is 11.6 Å². The molecular weight excluding hydrogens is 238 g/mol. The van der Waals surface area contributed by atoms with Crippen molar-refractivity contribution < 1.29 is 12.6 Å². The first kappa shape index (κ1) is 11.7. The first-order valence-electron chi connectivity index (χ1n) is 6.49. The van der Waals surface area contributed by atoms with Crippen LogP contribution in [0.5, 0.6) is 0 Å². The highest BCUT2D eigenvalue weighted by molar-refractivity contribution is 7.86. The first-order valence-corrected chi connectivity index (χ1v) is 8.31. The van der Waals surface area contributed by atoms with Crippen molar-refractivity contribution in [2.75, 3.05) is 6.26 Å². The molecule has 4 saturated carbocycles. The predicted molar refractivity (Wildman–Crippen MR) is 66.0 cm³/mol. The van der Waals surface area contributed by atoms with Gasteiger partial charge in [-0.25, -0.2) is 0 Å². The molecule has 0 aromatic rings. The van der Waals surface area contributed by atoms with Crippen LogP contribution in [0.1, 0.15) is 39.0 Å². The van der Waals surface area contributed by atoms with E-state index in [2.05, 4.69) is 6.08 Å². The van der Waals surface area contributed by atoms with Gasteiger partial charge in [-0.15, -0.1) is 0 Å². The first-order chi connectivity index (χ1) is 7.92. The molecule has 0 N–H and O–H groups in total. The second kappa shape index (κ2) is 3.58. The van der Waals surface area contributed by atoms with E-state index in [4.69, 9.17) is 4.18 Å². The zero-order valence-corrected chi connectivity index (χ0v) is 11.3. The molecule has 4 rings (SSSR count). The van der Waals surface area contributed by atoms with Crippen LogP contribution in [0, 0.1) is 17.8 Å². The van der Waals surface area contributed by atoms with Crippen LogP contribution in [0.3, 0.4) is 0 Å². The van der Waals surface area contributed by atoms with Crippen molar-refractivity contribution in [2.45, 2.75) is 44.6 Å². The smallest absolute Gasteiger partial charge is 0.259 e. The minimum Gasteiger partial charge on any atom is -0.259 e. The van der Waals surface area contributed by atoms with E-state index >= 15 is 0 Å². The Kier molecular flexibility index (Phi) is 2.47. The average molecular weight is 258 g/mol. The second-order valence-corrected chi connectivity index (χ2v) is 7.65. The molecule has 0 radical (unpaired) electrons. The van der Waals surface area contributed by atoms with Gasteiger partial charge in [-0.2, -0.15) is 8.42 Å². The van der Waals surface area contributed by atoms with Crippen molar-refractivity contribution in [1.29, 1.82) is 0 Å². The van der Waals surface area contributed by atoms with Gasteiger partial charge in [-0.1, -0.05) is 6.08 Å². The van der Waals surface area contributed by atoms with E-state index in [-0.39, 0.29) is 0 Å². The number of hydrogen-bond donors (Lipinski definition) is 0. The van der Waals surface area contributed by atoms with Gasteiger partial charge in [0.2, 0.25) is 0 Å². The summed E-state index contributed by atoms with van der Waals surface area (Å²) in [7, 11) is -3.37. The van der Waals surface area contributed by atoms with Gasteiger partial charge in [0.05, 0.1) is 6.26 Å². The SMILES string of the molecule is C/C=C1/C2C[C@@H]3C[C@H](C2)CC1([18O]S(C)(=O)=O)C3. The Morgan fingerprint density at radius 1 is 1.24 bits per heavy atom. The summed E-state index contributed by atoms with van der Waals surface area (Å²) < 4.78 is 28.6. The van der Waals surface area contributed by atoms with Gasteiger partial charge in [0.25, 0.3) is 10.1 Å². The summed E-state index contributed by atoms with van der Waals surface area (Å²) in [5.41, 5.74) is 0.784. The maximum Gasteiger partial charge on any atom is 0.265 e. The lowest BCUT2D eigenvalue weighted by molar-refractivity contribution is -0.0553. The number of hydrogen-bond acceptors (Lipinski definition) is 3. The fourth-order valence-electron chi connectivity index (χ4n) is 4.68. The molecule has 3 nitrogen and oxygen atoms in total. The molecule has 4 fully saturated rings. The molecule has 0 spiro atoms. The molecule has 2 unspecified atom stereocenters. The Bertz CT molecular complexity index is 449.